The Kier molecular flexibility index (Phi) is 4.05. The first kappa shape index (κ1) is 11.5. The summed E-state index contributed by atoms with van der Waals surface area (Å²) in [4.78, 5) is 8.13. The number of ether oxygens (including phenoxy) is 1. The topological polar surface area (TPSA) is 47.0 Å². The van der Waals surface area contributed by atoms with Gasteiger partial charge in [-0.15, -0.1) is 0 Å². The van der Waals surface area contributed by atoms with Crippen LogP contribution in [0, 0.1) is 0 Å². The van der Waals surface area contributed by atoms with Crippen molar-refractivity contribution in [2.24, 2.45) is 0 Å². The van der Waals surface area contributed by atoms with Gasteiger partial charge in [-0.05, 0) is 12.6 Å². The minimum atomic E-state index is 0.522. The molecule has 0 spiro atoms. The summed E-state index contributed by atoms with van der Waals surface area (Å²) >= 11 is 0. The van der Waals surface area contributed by atoms with Crippen LogP contribution in [0.4, 0.5) is 0 Å². The highest BCUT2D eigenvalue weighted by Crippen LogP contribution is 2.14. The lowest BCUT2D eigenvalue weighted by atomic mass is 10.2. The van der Waals surface area contributed by atoms with Crippen LogP contribution in [0.25, 0.3) is 0 Å². The first-order valence-corrected chi connectivity index (χ1v) is 5.50. The molecular weight excluding hydrogens is 214 g/mol. The smallest absolute Gasteiger partial charge is 0.221 e. The maximum atomic E-state index is 5.68. The molecule has 2 aromatic rings. The van der Waals surface area contributed by atoms with Crippen molar-refractivity contribution in [1.29, 1.82) is 0 Å². The predicted octanol–water partition coefficient (Wildman–Crippen LogP) is 1.78. The van der Waals surface area contributed by atoms with Gasteiger partial charge in [-0.1, -0.05) is 30.3 Å². The first-order valence-electron chi connectivity index (χ1n) is 5.50. The third-order valence-electron chi connectivity index (χ3n) is 2.33. The average molecular weight is 229 g/mol. The van der Waals surface area contributed by atoms with Gasteiger partial charge in [0.15, 0.2) is 0 Å². The molecule has 0 atom stereocenters. The molecule has 1 aromatic heterocycles. The standard InChI is InChI=1S/C13H15N3O/c1-14-7-12-8-15-10-16-13(12)17-9-11-5-3-2-4-6-11/h2-6,8,10,14H,7,9H2,1H3. The molecule has 88 valence electrons. The van der Waals surface area contributed by atoms with Gasteiger partial charge in [0.1, 0.15) is 12.9 Å². The van der Waals surface area contributed by atoms with E-state index in [1.54, 1.807) is 6.20 Å². The summed E-state index contributed by atoms with van der Waals surface area (Å²) in [5.41, 5.74) is 2.09. The Morgan fingerprint density at radius 1 is 1.24 bits per heavy atom. The first-order chi connectivity index (χ1) is 8.40. The third kappa shape index (κ3) is 3.26. The van der Waals surface area contributed by atoms with Crippen molar-refractivity contribution in [3.8, 4) is 5.88 Å². The Morgan fingerprint density at radius 2 is 2.06 bits per heavy atom. The van der Waals surface area contributed by atoms with E-state index in [1.807, 2.05) is 37.4 Å². The molecule has 0 amide bonds. The van der Waals surface area contributed by atoms with E-state index in [9.17, 15) is 0 Å². The van der Waals surface area contributed by atoms with Gasteiger partial charge in [-0.25, -0.2) is 9.97 Å². The summed E-state index contributed by atoms with van der Waals surface area (Å²) in [5.74, 6) is 0.637. The zero-order chi connectivity index (χ0) is 11.9. The van der Waals surface area contributed by atoms with E-state index >= 15 is 0 Å². The van der Waals surface area contributed by atoms with Crippen LogP contribution in [0.3, 0.4) is 0 Å². The lowest BCUT2D eigenvalue weighted by Crippen LogP contribution is -2.09. The molecule has 0 saturated heterocycles. The second-order valence-corrected chi connectivity index (χ2v) is 3.66. The predicted molar refractivity (Wildman–Crippen MR) is 65.6 cm³/mol. The van der Waals surface area contributed by atoms with E-state index in [0.29, 0.717) is 19.0 Å². The highest BCUT2D eigenvalue weighted by atomic mass is 16.5. The van der Waals surface area contributed by atoms with Gasteiger partial charge < -0.3 is 10.1 Å². The molecule has 0 aliphatic heterocycles. The summed E-state index contributed by atoms with van der Waals surface area (Å²) in [6.45, 7) is 1.22. The van der Waals surface area contributed by atoms with Crippen molar-refractivity contribution in [3.05, 3.63) is 54.0 Å². The van der Waals surface area contributed by atoms with Crippen LogP contribution in [0.1, 0.15) is 11.1 Å². The maximum Gasteiger partial charge on any atom is 0.221 e. The van der Waals surface area contributed by atoms with E-state index in [1.165, 1.54) is 6.33 Å². The molecule has 0 unspecified atom stereocenters. The summed E-state index contributed by atoms with van der Waals surface area (Å²) in [7, 11) is 1.88. The molecule has 2 rings (SSSR count). The van der Waals surface area contributed by atoms with E-state index < -0.39 is 0 Å². The van der Waals surface area contributed by atoms with E-state index in [4.69, 9.17) is 4.74 Å². The Morgan fingerprint density at radius 3 is 2.82 bits per heavy atom. The lowest BCUT2D eigenvalue weighted by Gasteiger charge is -2.09. The number of benzene rings is 1. The molecule has 4 nitrogen and oxygen atoms in total. The minimum absolute atomic E-state index is 0.522. The third-order valence-corrected chi connectivity index (χ3v) is 2.33. The van der Waals surface area contributed by atoms with Crippen molar-refractivity contribution in [2.75, 3.05) is 7.05 Å². The molecule has 0 bridgehead atoms. The second-order valence-electron chi connectivity index (χ2n) is 3.66. The van der Waals surface area contributed by atoms with Gasteiger partial charge in [-0.3, -0.25) is 0 Å². The summed E-state index contributed by atoms with van der Waals surface area (Å²) in [6.07, 6.45) is 3.27. The zero-order valence-electron chi connectivity index (χ0n) is 9.76. The van der Waals surface area contributed by atoms with Crippen molar-refractivity contribution < 1.29 is 4.74 Å². The summed E-state index contributed by atoms with van der Waals surface area (Å²) < 4.78 is 5.68. The molecule has 0 saturated carbocycles. The van der Waals surface area contributed by atoms with Crippen LogP contribution in [0.2, 0.25) is 0 Å². The molecule has 17 heavy (non-hydrogen) atoms. The zero-order valence-corrected chi connectivity index (χ0v) is 9.76. The Balaban J connectivity index is 2.03. The highest BCUT2D eigenvalue weighted by Gasteiger charge is 2.04. The van der Waals surface area contributed by atoms with Gasteiger partial charge in [0.2, 0.25) is 5.88 Å². The summed E-state index contributed by atoms with van der Waals surface area (Å²) in [6, 6.07) is 10.0. The fraction of sp³-hybridized carbons (Fsp3) is 0.231. The molecule has 0 fully saturated rings. The summed E-state index contributed by atoms with van der Waals surface area (Å²) in [5, 5.41) is 3.06. The normalized spacial score (nSPS) is 10.2. The van der Waals surface area contributed by atoms with Gasteiger partial charge in [0, 0.05) is 18.3 Å². The quantitative estimate of drug-likeness (QED) is 0.849. The molecule has 0 aliphatic carbocycles. The monoisotopic (exact) mass is 229 g/mol. The van der Waals surface area contributed by atoms with Crippen molar-refractivity contribution in [1.82, 2.24) is 15.3 Å². The SMILES string of the molecule is CNCc1cncnc1OCc1ccccc1. The maximum absolute atomic E-state index is 5.68. The van der Waals surface area contributed by atoms with Crippen LogP contribution < -0.4 is 10.1 Å². The Bertz CT molecular complexity index is 459. The van der Waals surface area contributed by atoms with Crippen LogP contribution in [0.15, 0.2) is 42.9 Å². The van der Waals surface area contributed by atoms with Crippen molar-refractivity contribution in [2.45, 2.75) is 13.2 Å². The van der Waals surface area contributed by atoms with Gasteiger partial charge in [0.05, 0.1) is 0 Å². The number of hydrogen-bond donors (Lipinski definition) is 1. The van der Waals surface area contributed by atoms with Crippen LogP contribution in [0.5, 0.6) is 5.88 Å². The van der Waals surface area contributed by atoms with Gasteiger partial charge in [0.25, 0.3) is 0 Å². The van der Waals surface area contributed by atoms with E-state index in [0.717, 1.165) is 11.1 Å². The van der Waals surface area contributed by atoms with Gasteiger partial charge >= 0.3 is 0 Å². The minimum Gasteiger partial charge on any atom is -0.472 e. The lowest BCUT2D eigenvalue weighted by molar-refractivity contribution is 0.289. The van der Waals surface area contributed by atoms with Crippen molar-refractivity contribution in [3.63, 3.8) is 0 Å². The Hall–Kier alpha value is -1.94. The number of rotatable bonds is 5. The molecule has 1 aromatic carbocycles. The highest BCUT2D eigenvalue weighted by molar-refractivity contribution is 5.23. The number of aromatic nitrogens is 2. The number of nitrogens with one attached hydrogen (secondary N) is 1. The molecule has 1 N–H and O–H groups in total. The second kappa shape index (κ2) is 5.96. The van der Waals surface area contributed by atoms with E-state index in [-0.39, 0.29) is 0 Å². The van der Waals surface area contributed by atoms with Gasteiger partial charge in [-0.2, -0.15) is 0 Å². The molecule has 0 radical (unpaired) electrons. The molecule has 4 heteroatoms. The Labute approximate surface area is 101 Å². The average Bonchev–Trinajstić information content (AvgIpc) is 2.39. The van der Waals surface area contributed by atoms with E-state index in [2.05, 4.69) is 15.3 Å². The van der Waals surface area contributed by atoms with Crippen LogP contribution in [-0.2, 0) is 13.2 Å². The molecular formula is C13H15N3O. The van der Waals surface area contributed by atoms with Crippen LogP contribution >= 0.6 is 0 Å². The van der Waals surface area contributed by atoms with Crippen molar-refractivity contribution >= 4 is 0 Å². The molecule has 0 aliphatic rings. The fourth-order valence-corrected chi connectivity index (χ4v) is 1.51. The fourth-order valence-electron chi connectivity index (χ4n) is 1.51. The molecule has 1 heterocycles. The largest absolute Gasteiger partial charge is 0.472 e. The number of nitrogens with zero attached hydrogens (tertiary/aromatic N) is 2. The number of hydrogen-bond acceptors (Lipinski definition) is 4. The van der Waals surface area contributed by atoms with Crippen LogP contribution in [-0.4, -0.2) is 17.0 Å².